The summed E-state index contributed by atoms with van der Waals surface area (Å²) in [5.41, 5.74) is 8.32. The van der Waals surface area contributed by atoms with Crippen molar-refractivity contribution in [2.75, 3.05) is 0 Å². The van der Waals surface area contributed by atoms with Gasteiger partial charge in [0.15, 0.2) is 0 Å². The molecule has 2 heteroatoms. The third-order valence-corrected chi connectivity index (χ3v) is 4.75. The number of benzene rings is 1. The molecule has 0 bridgehead atoms. The number of hydrogen-bond donors (Lipinski definition) is 0. The Labute approximate surface area is 132 Å². The van der Waals surface area contributed by atoms with Crippen LogP contribution in [0.15, 0.2) is 36.7 Å². The van der Waals surface area contributed by atoms with Crippen molar-refractivity contribution in [1.29, 1.82) is 0 Å². The Morgan fingerprint density at radius 3 is 2.50 bits per heavy atom. The molecule has 0 saturated carbocycles. The lowest BCUT2D eigenvalue weighted by Gasteiger charge is -2.11. The van der Waals surface area contributed by atoms with E-state index in [0.29, 0.717) is 0 Å². The number of fused-ring (bicyclic) bond motifs is 1. The zero-order valence-electron chi connectivity index (χ0n) is 14.0. The summed E-state index contributed by atoms with van der Waals surface area (Å²) in [7, 11) is 0. The fourth-order valence-electron chi connectivity index (χ4n) is 3.44. The second kappa shape index (κ2) is 5.96. The molecule has 2 heterocycles. The first-order chi connectivity index (χ1) is 10.6. The largest absolute Gasteiger partial charge is 0.344 e. The first-order valence-corrected chi connectivity index (χ1v) is 8.04. The van der Waals surface area contributed by atoms with E-state index in [1.165, 1.54) is 38.9 Å². The highest BCUT2D eigenvalue weighted by Crippen LogP contribution is 2.30. The van der Waals surface area contributed by atoms with Crippen LogP contribution in [0.4, 0.5) is 0 Å². The molecular weight excluding hydrogens is 268 g/mol. The standard InChI is InChI=1S/C20H24N2/c1-14-9-10-15(2)20-19(14)16(3)17(4)22(20)12-6-8-18-7-5-11-21-13-18/h5,7,9-11,13H,6,8,12H2,1-4H3. The molecule has 0 aliphatic heterocycles. The van der Waals surface area contributed by atoms with E-state index in [1.54, 1.807) is 0 Å². The monoisotopic (exact) mass is 292 g/mol. The average molecular weight is 292 g/mol. The van der Waals surface area contributed by atoms with Crippen molar-refractivity contribution in [2.24, 2.45) is 0 Å². The quantitative estimate of drug-likeness (QED) is 0.668. The number of aryl methyl sites for hydroxylation is 5. The predicted molar refractivity (Wildman–Crippen MR) is 93.4 cm³/mol. The topological polar surface area (TPSA) is 17.8 Å². The van der Waals surface area contributed by atoms with Crippen LogP contribution in [0.2, 0.25) is 0 Å². The van der Waals surface area contributed by atoms with Crippen molar-refractivity contribution in [3.63, 3.8) is 0 Å². The molecule has 0 aliphatic carbocycles. The number of nitrogens with zero attached hydrogens (tertiary/aromatic N) is 2. The fourth-order valence-corrected chi connectivity index (χ4v) is 3.44. The summed E-state index contributed by atoms with van der Waals surface area (Å²) < 4.78 is 2.50. The minimum Gasteiger partial charge on any atom is -0.344 e. The molecule has 0 spiro atoms. The van der Waals surface area contributed by atoms with Gasteiger partial charge in [-0.05, 0) is 68.9 Å². The summed E-state index contributed by atoms with van der Waals surface area (Å²) in [6.45, 7) is 10.0. The van der Waals surface area contributed by atoms with Crippen molar-refractivity contribution in [3.05, 3.63) is 64.6 Å². The summed E-state index contributed by atoms with van der Waals surface area (Å²) in [5.74, 6) is 0. The van der Waals surface area contributed by atoms with E-state index in [9.17, 15) is 0 Å². The third-order valence-electron chi connectivity index (χ3n) is 4.75. The average Bonchev–Trinajstić information content (AvgIpc) is 2.78. The molecule has 1 aromatic carbocycles. The molecule has 0 aliphatic rings. The molecule has 2 nitrogen and oxygen atoms in total. The first kappa shape index (κ1) is 14.8. The van der Waals surface area contributed by atoms with E-state index < -0.39 is 0 Å². The van der Waals surface area contributed by atoms with Crippen LogP contribution in [0.1, 0.15) is 34.4 Å². The van der Waals surface area contributed by atoms with Gasteiger partial charge in [0.2, 0.25) is 0 Å². The van der Waals surface area contributed by atoms with Gasteiger partial charge in [-0.2, -0.15) is 0 Å². The highest BCUT2D eigenvalue weighted by Gasteiger charge is 2.14. The van der Waals surface area contributed by atoms with Crippen LogP contribution in [0.5, 0.6) is 0 Å². The summed E-state index contributed by atoms with van der Waals surface area (Å²) >= 11 is 0. The number of pyridine rings is 1. The molecule has 3 rings (SSSR count). The summed E-state index contributed by atoms with van der Waals surface area (Å²) in [6, 6.07) is 8.66. The molecule has 0 amide bonds. The Balaban J connectivity index is 1.91. The number of rotatable bonds is 4. The Kier molecular flexibility index (Phi) is 4.02. The summed E-state index contributed by atoms with van der Waals surface area (Å²) in [6.07, 6.45) is 6.03. The zero-order valence-corrected chi connectivity index (χ0v) is 14.0. The van der Waals surface area contributed by atoms with E-state index in [0.717, 1.165) is 19.4 Å². The van der Waals surface area contributed by atoms with Crippen LogP contribution in [0.25, 0.3) is 10.9 Å². The first-order valence-electron chi connectivity index (χ1n) is 8.04. The summed E-state index contributed by atoms with van der Waals surface area (Å²) in [4.78, 5) is 4.20. The lowest BCUT2D eigenvalue weighted by atomic mass is 10.0. The van der Waals surface area contributed by atoms with Gasteiger partial charge < -0.3 is 4.57 Å². The minimum atomic E-state index is 1.06. The van der Waals surface area contributed by atoms with Crippen LogP contribution in [-0.4, -0.2) is 9.55 Å². The lowest BCUT2D eigenvalue weighted by Crippen LogP contribution is -2.03. The van der Waals surface area contributed by atoms with Gasteiger partial charge >= 0.3 is 0 Å². The smallest absolute Gasteiger partial charge is 0.0517 e. The van der Waals surface area contributed by atoms with Crippen LogP contribution < -0.4 is 0 Å². The van der Waals surface area contributed by atoms with Gasteiger partial charge in [-0.25, -0.2) is 0 Å². The molecule has 0 N–H and O–H groups in total. The van der Waals surface area contributed by atoms with Crippen LogP contribution >= 0.6 is 0 Å². The number of aromatic nitrogens is 2. The van der Waals surface area contributed by atoms with Crippen molar-refractivity contribution in [1.82, 2.24) is 9.55 Å². The Morgan fingerprint density at radius 2 is 1.77 bits per heavy atom. The molecular formula is C20H24N2. The van der Waals surface area contributed by atoms with Crippen LogP contribution in [-0.2, 0) is 13.0 Å². The summed E-state index contributed by atoms with van der Waals surface area (Å²) in [5, 5.41) is 1.44. The highest BCUT2D eigenvalue weighted by molar-refractivity contribution is 5.90. The van der Waals surface area contributed by atoms with Gasteiger partial charge in [0.05, 0.1) is 5.52 Å². The molecule has 114 valence electrons. The minimum absolute atomic E-state index is 1.06. The van der Waals surface area contributed by atoms with Crippen molar-refractivity contribution < 1.29 is 0 Å². The van der Waals surface area contributed by atoms with Crippen LogP contribution in [0, 0.1) is 27.7 Å². The maximum Gasteiger partial charge on any atom is 0.0517 e. The molecule has 0 unspecified atom stereocenters. The van der Waals surface area contributed by atoms with E-state index >= 15 is 0 Å². The molecule has 3 aromatic rings. The van der Waals surface area contributed by atoms with Crippen molar-refractivity contribution >= 4 is 10.9 Å². The van der Waals surface area contributed by atoms with Gasteiger partial charge in [0.1, 0.15) is 0 Å². The van der Waals surface area contributed by atoms with E-state index in [-0.39, 0.29) is 0 Å². The molecule has 0 fully saturated rings. The molecule has 2 aromatic heterocycles. The SMILES string of the molecule is Cc1ccc(C)c2c1c(C)c(C)n2CCCc1cccnc1. The van der Waals surface area contributed by atoms with E-state index in [1.807, 2.05) is 18.5 Å². The maximum atomic E-state index is 4.20. The predicted octanol–water partition coefficient (Wildman–Crippen LogP) is 4.90. The fraction of sp³-hybridized carbons (Fsp3) is 0.350. The second-order valence-electron chi connectivity index (χ2n) is 6.25. The Bertz CT molecular complexity index is 798. The van der Waals surface area contributed by atoms with Gasteiger partial charge in [0, 0.05) is 30.0 Å². The molecule has 22 heavy (non-hydrogen) atoms. The molecule has 0 atom stereocenters. The van der Waals surface area contributed by atoms with E-state index in [2.05, 4.69) is 55.4 Å². The van der Waals surface area contributed by atoms with Gasteiger partial charge in [-0.3, -0.25) is 4.98 Å². The Morgan fingerprint density at radius 1 is 1.00 bits per heavy atom. The lowest BCUT2D eigenvalue weighted by molar-refractivity contribution is 0.645. The van der Waals surface area contributed by atoms with Crippen LogP contribution in [0.3, 0.4) is 0 Å². The van der Waals surface area contributed by atoms with Gasteiger partial charge in [-0.15, -0.1) is 0 Å². The zero-order chi connectivity index (χ0) is 15.7. The third kappa shape index (κ3) is 2.54. The highest BCUT2D eigenvalue weighted by atomic mass is 15.0. The van der Waals surface area contributed by atoms with Crippen molar-refractivity contribution in [2.45, 2.75) is 47.1 Å². The van der Waals surface area contributed by atoms with E-state index in [4.69, 9.17) is 0 Å². The maximum absolute atomic E-state index is 4.20. The van der Waals surface area contributed by atoms with Gasteiger partial charge in [-0.1, -0.05) is 18.2 Å². The van der Waals surface area contributed by atoms with Gasteiger partial charge in [0.25, 0.3) is 0 Å². The number of hydrogen-bond acceptors (Lipinski definition) is 1. The normalized spacial score (nSPS) is 11.3. The Hall–Kier alpha value is -2.09. The van der Waals surface area contributed by atoms with Crippen molar-refractivity contribution in [3.8, 4) is 0 Å². The molecule has 0 saturated heterocycles. The second-order valence-corrected chi connectivity index (χ2v) is 6.25. The molecule has 0 radical (unpaired) electrons.